The summed E-state index contributed by atoms with van der Waals surface area (Å²) in [5.41, 5.74) is 16.9. The minimum atomic E-state index is -0.00583. The quantitative estimate of drug-likeness (QED) is 0.168. The van der Waals surface area contributed by atoms with E-state index in [1.165, 1.54) is 88.1 Å². The van der Waals surface area contributed by atoms with Crippen molar-refractivity contribution < 1.29 is 0 Å². The fraction of sp³-hybridized carbons (Fsp3) is 0.532. The first-order valence-corrected chi connectivity index (χ1v) is 24.9. The highest BCUT2D eigenvalue weighted by Gasteiger charge is 2.21. The van der Waals surface area contributed by atoms with Gasteiger partial charge in [-0.3, -0.25) is 14.8 Å². The van der Waals surface area contributed by atoms with Crippen LogP contribution < -0.4 is 5.56 Å². The number of pyridine rings is 3. The molecule has 0 aliphatic carbocycles. The highest BCUT2D eigenvalue weighted by atomic mass is 16.1. The molecule has 5 heteroatoms. The largest absolute Gasteiger partial charge is 0.375 e. The topological polar surface area (TPSA) is 61.9 Å². The van der Waals surface area contributed by atoms with Gasteiger partial charge in [0.25, 0.3) is 0 Å². The van der Waals surface area contributed by atoms with E-state index in [-0.39, 0.29) is 13.0 Å². The van der Waals surface area contributed by atoms with Crippen molar-refractivity contribution in [1.29, 1.82) is 0 Å². The van der Waals surface area contributed by atoms with Crippen LogP contribution in [0.5, 0.6) is 0 Å². The van der Waals surface area contributed by atoms with Gasteiger partial charge in [-0.2, -0.15) is 0 Å². The van der Waals surface area contributed by atoms with Crippen molar-refractivity contribution in [1.82, 2.24) is 19.9 Å². The summed E-state index contributed by atoms with van der Waals surface area (Å²) < 4.78 is 0. The molecule has 1 fully saturated rings. The van der Waals surface area contributed by atoms with Crippen LogP contribution in [0.2, 0.25) is 0 Å². The second-order valence-electron chi connectivity index (χ2n) is 20.7. The van der Waals surface area contributed by atoms with E-state index in [1.807, 2.05) is 38.5 Å². The molecule has 5 nitrogen and oxygen atoms in total. The van der Waals surface area contributed by atoms with Gasteiger partial charge in [0.2, 0.25) is 5.56 Å². The van der Waals surface area contributed by atoms with Crippen molar-refractivity contribution in [2.24, 2.45) is 17.8 Å². The fourth-order valence-electron chi connectivity index (χ4n) is 7.53. The van der Waals surface area contributed by atoms with Crippen LogP contribution in [0.25, 0.3) is 0 Å². The third-order valence-corrected chi connectivity index (χ3v) is 12.3. The van der Waals surface area contributed by atoms with Crippen molar-refractivity contribution in [3.05, 3.63) is 175 Å². The molecule has 6 rings (SSSR count). The smallest absolute Gasteiger partial charge is 0.248 e. The van der Waals surface area contributed by atoms with Crippen LogP contribution >= 0.6 is 0 Å². The lowest BCUT2D eigenvalue weighted by Crippen LogP contribution is -2.35. The van der Waals surface area contributed by atoms with E-state index < -0.39 is 0 Å². The van der Waals surface area contributed by atoms with Gasteiger partial charge < -0.3 is 9.88 Å². The molecule has 1 atom stereocenters. The summed E-state index contributed by atoms with van der Waals surface area (Å²) in [6.07, 6.45) is 9.57. The normalized spacial score (nSPS) is 12.9. The minimum Gasteiger partial charge on any atom is -0.375 e. The Morgan fingerprint density at radius 2 is 1.22 bits per heavy atom. The summed E-state index contributed by atoms with van der Waals surface area (Å²) >= 11 is 0. The molecular weight excluding hydrogens is 817 g/mol. The average Bonchev–Trinajstić information content (AvgIpc) is 3.24. The minimum absolute atomic E-state index is 0. The number of benzene rings is 2. The maximum absolute atomic E-state index is 11.0. The molecule has 0 saturated carbocycles. The van der Waals surface area contributed by atoms with Gasteiger partial charge in [0.05, 0.1) is 0 Å². The molecule has 0 amide bonds. The highest BCUT2D eigenvalue weighted by Crippen LogP contribution is 2.25. The summed E-state index contributed by atoms with van der Waals surface area (Å²) in [5.74, 6) is 4.77. The third-order valence-electron chi connectivity index (χ3n) is 12.3. The molecule has 1 saturated heterocycles. The van der Waals surface area contributed by atoms with Crippen LogP contribution in [0.3, 0.4) is 0 Å². The molecule has 0 bridgehead atoms. The van der Waals surface area contributed by atoms with Gasteiger partial charge in [0.15, 0.2) is 0 Å². The second-order valence-corrected chi connectivity index (χ2v) is 20.7. The zero-order valence-corrected chi connectivity index (χ0v) is 45.6. The number of hydrogen-bond donors (Lipinski definition) is 1. The zero-order valence-electron chi connectivity index (χ0n) is 45.6. The number of allylic oxidation sites excluding steroid dienone is 1. The van der Waals surface area contributed by atoms with Gasteiger partial charge in [-0.25, -0.2) is 0 Å². The van der Waals surface area contributed by atoms with Crippen molar-refractivity contribution in [2.75, 3.05) is 13.1 Å². The first-order valence-electron chi connectivity index (χ1n) is 24.9. The van der Waals surface area contributed by atoms with E-state index in [9.17, 15) is 4.79 Å². The summed E-state index contributed by atoms with van der Waals surface area (Å²) in [6.45, 7) is 49.8. The van der Waals surface area contributed by atoms with Crippen LogP contribution in [0.1, 0.15) is 201 Å². The Morgan fingerprint density at radius 3 is 1.66 bits per heavy atom. The van der Waals surface area contributed by atoms with E-state index >= 15 is 0 Å². The predicted octanol–water partition coefficient (Wildman–Crippen LogP) is 17.3. The Morgan fingerprint density at radius 1 is 0.657 bits per heavy atom. The lowest BCUT2D eigenvalue weighted by molar-refractivity contribution is 0.180. The lowest BCUT2D eigenvalue weighted by atomic mass is 9.88. The molecule has 0 radical (unpaired) electrons. The Labute approximate surface area is 412 Å². The summed E-state index contributed by atoms with van der Waals surface area (Å²) in [4.78, 5) is 24.2. The van der Waals surface area contributed by atoms with Gasteiger partial charge in [-0.15, -0.1) is 0 Å². The Hall–Kier alpha value is -4.77. The Kier molecular flexibility index (Phi) is 29.8. The van der Waals surface area contributed by atoms with E-state index in [2.05, 4.69) is 206 Å². The molecule has 2 aromatic carbocycles. The number of piperidine rings is 1. The molecule has 5 aromatic rings. The van der Waals surface area contributed by atoms with Crippen LogP contribution in [0.15, 0.2) is 102 Å². The number of aryl methyl sites for hydroxylation is 7. The molecule has 1 N–H and O–H groups in total. The summed E-state index contributed by atoms with van der Waals surface area (Å²) in [5, 5.41) is 0. The van der Waals surface area contributed by atoms with E-state index in [4.69, 9.17) is 0 Å². The van der Waals surface area contributed by atoms with Gasteiger partial charge >= 0.3 is 0 Å². The Bertz CT molecular complexity index is 2210. The maximum Gasteiger partial charge on any atom is 0.248 e. The Balaban J connectivity index is 0.000000779. The molecular formula is C62H98N4O. The average molecular weight is 915 g/mol. The number of H-pyrrole nitrogens is 1. The molecule has 0 spiro atoms. The molecule has 1 aliphatic heterocycles. The third kappa shape index (κ3) is 25.3. The number of likely N-dealkylation sites (tertiary alicyclic amines) is 1. The van der Waals surface area contributed by atoms with Crippen LogP contribution in [0, 0.1) is 66.2 Å². The van der Waals surface area contributed by atoms with Gasteiger partial charge in [0.1, 0.15) is 0 Å². The van der Waals surface area contributed by atoms with Crippen molar-refractivity contribution in [2.45, 2.75) is 189 Å². The maximum atomic E-state index is 11.0. The number of aromatic amines is 1. The first-order chi connectivity index (χ1) is 30.8. The molecule has 1 aliphatic rings. The van der Waals surface area contributed by atoms with Crippen molar-refractivity contribution in [3.8, 4) is 0 Å². The highest BCUT2D eigenvalue weighted by molar-refractivity contribution is 5.32. The predicted molar refractivity (Wildman–Crippen MR) is 297 cm³/mol. The number of hydrogen-bond acceptors (Lipinski definition) is 4. The summed E-state index contributed by atoms with van der Waals surface area (Å²) in [7, 11) is 0. The lowest BCUT2D eigenvalue weighted by Gasteiger charge is -2.36. The SMILES string of the molecule is C.C=C(C)N1CCCC(C(C)C)C1.Cc1cc(C(C)C)cc(=O)[nH]1.Cc1cc(C(C)C)ccn1.Cc1ccc(C(C)C)cc1C.Cc1ccc(CC(C)C)cc1C.Cc1cnccc1C(C)C. The number of rotatable bonds is 8. The molecule has 1 unspecified atom stereocenters. The molecule has 4 heterocycles. The van der Waals surface area contributed by atoms with Crippen molar-refractivity contribution >= 4 is 0 Å². The van der Waals surface area contributed by atoms with Crippen LogP contribution in [-0.2, 0) is 6.42 Å². The van der Waals surface area contributed by atoms with Gasteiger partial charge in [-0.05, 0) is 196 Å². The monoisotopic (exact) mass is 915 g/mol. The number of aromatic nitrogens is 3. The van der Waals surface area contributed by atoms with Crippen molar-refractivity contribution in [3.63, 3.8) is 0 Å². The standard InChI is InChI=1S/C12H18.C11H21N.C11H16.C9H13NO.2C9H13N.CH4/c1-9(2)7-12-6-5-10(3)11(4)8-12;1-9(2)11-6-5-7-12(8-11)10(3)4;1-8(2)11-6-5-9(3)10(4)7-11;1-6(2)8-4-7(3)10-9(11)5-8;1-7(2)9-4-5-10-6-8(9)3;1-7(2)9-4-5-10-8(3)6-9;/h5-6,8-9H,7H2,1-4H3;9,11H,3,5-8H2,1-2,4H3;5-8H,1-4H3;4-6H,1-3H3,(H,10,11);2*4-7H,1-3H3;1H4. The number of nitrogens with zero attached hydrogens (tertiary/aromatic N) is 3. The van der Waals surface area contributed by atoms with Gasteiger partial charge in [0, 0.05) is 54.8 Å². The summed E-state index contributed by atoms with van der Waals surface area (Å²) in [6, 6.07) is 23.4. The molecule has 372 valence electrons. The van der Waals surface area contributed by atoms with Gasteiger partial charge in [-0.1, -0.05) is 133 Å². The first kappa shape index (κ1) is 62.2. The van der Waals surface area contributed by atoms with E-state index in [1.54, 1.807) is 6.07 Å². The second kappa shape index (κ2) is 32.1. The van der Waals surface area contributed by atoms with Crippen LogP contribution in [-0.4, -0.2) is 32.9 Å². The molecule has 67 heavy (non-hydrogen) atoms. The van der Waals surface area contributed by atoms with E-state index in [0.717, 1.165) is 34.7 Å². The fourth-order valence-corrected chi connectivity index (χ4v) is 7.53. The van der Waals surface area contributed by atoms with Crippen LogP contribution in [0.4, 0.5) is 0 Å². The molecule has 3 aromatic heterocycles. The zero-order chi connectivity index (χ0) is 50.3. The van der Waals surface area contributed by atoms with E-state index in [0.29, 0.717) is 23.7 Å². The number of nitrogens with one attached hydrogen (secondary N) is 1.